The number of carbonyl (C=O) groups excluding carboxylic acids is 1. The van der Waals surface area contributed by atoms with Crippen LogP contribution in [0.4, 0.5) is 18.9 Å². The van der Waals surface area contributed by atoms with Crippen molar-refractivity contribution in [2.24, 2.45) is 0 Å². The van der Waals surface area contributed by atoms with Gasteiger partial charge < -0.3 is 9.73 Å². The quantitative estimate of drug-likeness (QED) is 0.413. The largest absolute Gasteiger partial charge is 0.457 e. The molecule has 0 aliphatic heterocycles. The van der Waals surface area contributed by atoms with Crippen molar-refractivity contribution in [3.63, 3.8) is 0 Å². The minimum atomic E-state index is -4.94. The van der Waals surface area contributed by atoms with Crippen LogP contribution in [0.15, 0.2) is 53.6 Å². The lowest BCUT2D eigenvalue weighted by atomic mass is 10.2. The van der Waals surface area contributed by atoms with Gasteiger partial charge >= 0.3 is 6.18 Å². The summed E-state index contributed by atoms with van der Waals surface area (Å²) in [7, 11) is 0. The van der Waals surface area contributed by atoms with Crippen molar-refractivity contribution >= 4 is 22.7 Å². The molecule has 11 nitrogen and oxygen atoms in total. The number of halogens is 3. The van der Waals surface area contributed by atoms with E-state index >= 15 is 0 Å². The fourth-order valence-corrected chi connectivity index (χ4v) is 3.47. The molecule has 0 radical (unpaired) electrons. The number of nitriles is 1. The maximum absolute atomic E-state index is 14.1. The van der Waals surface area contributed by atoms with Crippen LogP contribution >= 0.6 is 0 Å². The summed E-state index contributed by atoms with van der Waals surface area (Å²) in [4.78, 5) is 22.1. The topological polar surface area (TPSA) is 140 Å². The number of pyridine rings is 2. The van der Waals surface area contributed by atoms with Gasteiger partial charge in [-0.1, -0.05) is 0 Å². The van der Waals surface area contributed by atoms with Crippen molar-refractivity contribution in [2.75, 3.05) is 5.32 Å². The average molecular weight is 479 g/mol. The van der Waals surface area contributed by atoms with E-state index in [9.17, 15) is 23.2 Å². The van der Waals surface area contributed by atoms with Crippen LogP contribution < -0.4 is 5.32 Å². The van der Waals surface area contributed by atoms with Crippen molar-refractivity contribution in [1.82, 2.24) is 34.7 Å². The summed E-state index contributed by atoms with van der Waals surface area (Å²) in [6.07, 6.45) is 1.13. The molecular weight excluding hydrogens is 467 g/mol. The van der Waals surface area contributed by atoms with Crippen LogP contribution in [-0.2, 0) is 6.18 Å². The summed E-state index contributed by atoms with van der Waals surface area (Å²) in [5, 5.41) is 23.3. The van der Waals surface area contributed by atoms with Gasteiger partial charge in [-0.05, 0) is 19.1 Å². The molecule has 0 saturated carbocycles. The second-order valence-electron chi connectivity index (χ2n) is 7.20. The predicted octanol–water partition coefficient (Wildman–Crippen LogP) is 3.44. The minimum Gasteiger partial charge on any atom is -0.457 e. The highest BCUT2D eigenvalue weighted by molar-refractivity contribution is 6.05. The lowest BCUT2D eigenvalue weighted by Gasteiger charge is -2.13. The zero-order chi connectivity index (χ0) is 24.7. The molecule has 0 bridgehead atoms. The Bertz CT molecular complexity index is 1610. The third-order valence-corrected chi connectivity index (χ3v) is 4.88. The van der Waals surface area contributed by atoms with Gasteiger partial charge in [0.25, 0.3) is 5.91 Å². The van der Waals surface area contributed by atoms with Crippen molar-refractivity contribution < 1.29 is 22.4 Å². The summed E-state index contributed by atoms with van der Waals surface area (Å²) in [5.74, 6) is -0.553. The molecule has 0 saturated heterocycles. The Morgan fingerprint density at radius 1 is 1.11 bits per heavy atom. The van der Waals surface area contributed by atoms with Gasteiger partial charge in [-0.25, -0.2) is 9.67 Å². The Hall–Kier alpha value is -5.06. The van der Waals surface area contributed by atoms with Crippen LogP contribution in [0, 0.1) is 18.3 Å². The van der Waals surface area contributed by atoms with Crippen molar-refractivity contribution in [2.45, 2.75) is 13.1 Å². The summed E-state index contributed by atoms with van der Waals surface area (Å²) in [6, 6.07) is 6.02. The average Bonchev–Trinajstić information content (AvgIpc) is 3.56. The molecule has 14 heteroatoms. The highest BCUT2D eigenvalue weighted by Crippen LogP contribution is 2.35. The molecular formula is C21H12F3N9O2. The molecule has 5 aromatic heterocycles. The first-order valence-corrected chi connectivity index (χ1v) is 9.85. The monoisotopic (exact) mass is 479 g/mol. The number of hydrogen-bond acceptors (Lipinski definition) is 8. The van der Waals surface area contributed by atoms with Gasteiger partial charge in [0, 0.05) is 12.3 Å². The predicted molar refractivity (Wildman–Crippen MR) is 113 cm³/mol. The normalized spacial score (nSPS) is 11.5. The number of aryl methyl sites for hydroxylation is 1. The van der Waals surface area contributed by atoms with E-state index in [4.69, 9.17) is 4.42 Å². The highest BCUT2D eigenvalue weighted by Gasteiger charge is 2.41. The number of carbonyl (C=O) groups is 1. The SMILES string of the molecule is Cc1cc2nccc(-n3ncc(C(=O)Nc4cnc(-n5nccn5)c(C#N)c4)c3C(F)(F)F)c2o1. The van der Waals surface area contributed by atoms with E-state index in [-0.39, 0.29) is 28.3 Å². The Labute approximate surface area is 193 Å². The molecule has 0 unspecified atom stereocenters. The number of hydrogen-bond donors (Lipinski definition) is 1. The molecule has 0 atom stereocenters. The minimum absolute atomic E-state index is 0.00175. The molecule has 0 aliphatic rings. The maximum Gasteiger partial charge on any atom is 0.434 e. The van der Waals surface area contributed by atoms with Gasteiger partial charge in [-0.3, -0.25) is 9.78 Å². The summed E-state index contributed by atoms with van der Waals surface area (Å²) < 4.78 is 48.4. The molecule has 1 N–H and O–H groups in total. The number of amides is 1. The van der Waals surface area contributed by atoms with Gasteiger partial charge in [0.1, 0.15) is 28.6 Å². The maximum atomic E-state index is 14.1. The third kappa shape index (κ3) is 3.84. The second kappa shape index (κ2) is 8.06. The van der Waals surface area contributed by atoms with Gasteiger partial charge in [0.15, 0.2) is 17.1 Å². The Balaban J connectivity index is 1.54. The second-order valence-corrected chi connectivity index (χ2v) is 7.20. The number of rotatable bonds is 4. The van der Waals surface area contributed by atoms with Crippen molar-refractivity contribution in [3.8, 4) is 17.6 Å². The summed E-state index contributed by atoms with van der Waals surface area (Å²) in [5.41, 5.74) is -1.63. The van der Waals surface area contributed by atoms with Crippen LogP contribution in [0.1, 0.15) is 27.4 Å². The summed E-state index contributed by atoms with van der Waals surface area (Å²) >= 11 is 0. The van der Waals surface area contributed by atoms with E-state index in [2.05, 4.69) is 30.6 Å². The Morgan fingerprint density at radius 2 is 1.89 bits per heavy atom. The molecule has 5 aromatic rings. The van der Waals surface area contributed by atoms with Crippen LogP contribution in [0.3, 0.4) is 0 Å². The lowest BCUT2D eigenvalue weighted by molar-refractivity contribution is -0.143. The molecule has 1 amide bonds. The zero-order valence-corrected chi connectivity index (χ0v) is 17.6. The van der Waals surface area contributed by atoms with Crippen LogP contribution in [0.25, 0.3) is 22.6 Å². The smallest absolute Gasteiger partial charge is 0.434 e. The number of furan rings is 1. The molecule has 5 heterocycles. The number of nitrogens with one attached hydrogen (secondary N) is 1. The molecule has 174 valence electrons. The highest BCUT2D eigenvalue weighted by atomic mass is 19.4. The zero-order valence-electron chi connectivity index (χ0n) is 17.6. The van der Waals surface area contributed by atoms with Crippen molar-refractivity contribution in [1.29, 1.82) is 5.26 Å². The van der Waals surface area contributed by atoms with E-state index in [0.29, 0.717) is 16.0 Å². The number of alkyl halides is 3. The van der Waals surface area contributed by atoms with E-state index in [1.807, 2.05) is 6.07 Å². The lowest BCUT2D eigenvalue weighted by Crippen LogP contribution is -2.21. The fraction of sp³-hybridized carbons (Fsp3) is 0.0952. The number of fused-ring (bicyclic) bond motifs is 1. The Morgan fingerprint density at radius 3 is 2.60 bits per heavy atom. The van der Waals surface area contributed by atoms with Crippen LogP contribution in [0.2, 0.25) is 0 Å². The van der Waals surface area contributed by atoms with Crippen LogP contribution in [0.5, 0.6) is 0 Å². The summed E-state index contributed by atoms with van der Waals surface area (Å²) in [6.45, 7) is 1.63. The molecule has 5 rings (SSSR count). The molecule has 0 fully saturated rings. The number of nitrogens with zero attached hydrogens (tertiary/aromatic N) is 8. The Kier molecular flexibility index (Phi) is 5.01. The molecule has 0 aliphatic carbocycles. The standard InChI is InChI=1S/C21H12F3N9O2/c1-11-6-15-17(35-11)16(2-3-26-15)32-18(21(22,23)24)14(10-30-32)20(34)31-13-7-12(8-25)19(27-9-13)33-28-4-5-29-33/h2-7,9-10H,1H3,(H,31,34). The van der Waals surface area contributed by atoms with E-state index in [0.717, 1.165) is 11.0 Å². The van der Waals surface area contributed by atoms with E-state index < -0.39 is 23.3 Å². The van der Waals surface area contributed by atoms with E-state index in [1.165, 1.54) is 36.9 Å². The molecule has 0 aromatic carbocycles. The van der Waals surface area contributed by atoms with Gasteiger partial charge in [0.2, 0.25) is 0 Å². The first kappa shape index (κ1) is 21.8. The van der Waals surface area contributed by atoms with E-state index in [1.54, 1.807) is 13.0 Å². The van der Waals surface area contributed by atoms with Gasteiger partial charge in [-0.2, -0.15) is 33.7 Å². The van der Waals surface area contributed by atoms with Gasteiger partial charge in [-0.15, -0.1) is 4.80 Å². The number of aromatic nitrogens is 7. The third-order valence-electron chi connectivity index (χ3n) is 4.88. The number of anilines is 1. The molecule has 0 spiro atoms. The van der Waals surface area contributed by atoms with Crippen molar-refractivity contribution in [3.05, 3.63) is 71.8 Å². The first-order chi connectivity index (χ1) is 16.8. The van der Waals surface area contributed by atoms with Crippen LogP contribution in [-0.4, -0.2) is 40.6 Å². The van der Waals surface area contributed by atoms with Gasteiger partial charge in [0.05, 0.1) is 36.0 Å². The first-order valence-electron chi connectivity index (χ1n) is 9.85. The fourth-order valence-electron chi connectivity index (χ4n) is 3.47. The molecule has 35 heavy (non-hydrogen) atoms.